The van der Waals surface area contributed by atoms with E-state index in [-0.39, 0.29) is 80.1 Å². The lowest BCUT2D eigenvalue weighted by molar-refractivity contribution is -0.334. The van der Waals surface area contributed by atoms with E-state index in [1.165, 1.54) is 5.57 Å². The Morgan fingerprint density at radius 2 is 1.60 bits per heavy atom. The van der Waals surface area contributed by atoms with Crippen LogP contribution in [0.4, 0.5) is 0 Å². The van der Waals surface area contributed by atoms with Crippen molar-refractivity contribution >= 4 is 5.97 Å². The molecule has 0 amide bonds. The zero-order valence-electron chi connectivity index (χ0n) is 38.7. The van der Waals surface area contributed by atoms with Crippen LogP contribution in [0.25, 0.3) is 0 Å². The van der Waals surface area contributed by atoms with E-state index in [0.29, 0.717) is 57.8 Å². The van der Waals surface area contributed by atoms with Crippen LogP contribution in [0.1, 0.15) is 116 Å². The number of aliphatic hydroxyl groups is 7. The molecule has 17 atom stereocenters. The smallest absolute Gasteiger partial charge is 0.310 e. The maximum atomic E-state index is 13.5. The number of benzene rings is 1. The zero-order chi connectivity index (χ0) is 45.8. The molecule has 0 unspecified atom stereocenters. The van der Waals surface area contributed by atoms with Crippen molar-refractivity contribution in [3.8, 4) is 0 Å². The molecule has 13 nitrogen and oxygen atoms in total. The van der Waals surface area contributed by atoms with Crippen LogP contribution in [0.2, 0.25) is 0 Å². The van der Waals surface area contributed by atoms with E-state index in [9.17, 15) is 45.6 Å². The highest BCUT2D eigenvalue weighted by Gasteiger charge is 2.73. The molecule has 1 saturated heterocycles. The van der Waals surface area contributed by atoms with E-state index in [1.54, 1.807) is 0 Å². The third-order valence-corrected chi connectivity index (χ3v) is 18.7. The number of carbonyl (C=O) groups is 1. The second-order valence-corrected chi connectivity index (χ2v) is 22.3. The Bertz CT molecular complexity index is 1780. The number of hydrogen-bond acceptors (Lipinski definition) is 12. The topological polar surface area (TPSA) is 219 Å². The maximum absolute atomic E-state index is 13.5. The number of hydrogen-bond donors (Lipinski definition) is 9. The molecule has 1 aliphatic heterocycles. The van der Waals surface area contributed by atoms with E-state index in [1.807, 2.05) is 26.1 Å². The number of ether oxygens (including phenoxy) is 3. The monoisotopic (exact) mass is 886 g/mol. The minimum absolute atomic E-state index is 0.00179. The van der Waals surface area contributed by atoms with Crippen LogP contribution >= 0.6 is 0 Å². The van der Waals surface area contributed by atoms with Crippen molar-refractivity contribution in [1.29, 1.82) is 0 Å². The molecule has 63 heavy (non-hydrogen) atoms. The number of rotatable bonds is 16. The summed E-state index contributed by atoms with van der Waals surface area (Å²) < 4.78 is 19.7. The molecule has 13 heteroatoms. The van der Waals surface area contributed by atoms with Gasteiger partial charge in [-0.25, -0.2) is 0 Å². The van der Waals surface area contributed by atoms with Crippen LogP contribution in [-0.2, 0) is 32.2 Å². The molecule has 7 rings (SSSR count). The largest absolute Gasteiger partial charge is 0.481 e. The second-order valence-electron chi connectivity index (χ2n) is 22.3. The molecule has 6 aliphatic rings. The molecule has 0 radical (unpaired) electrons. The number of fused-ring (bicyclic) bond motifs is 7. The third-order valence-electron chi connectivity index (χ3n) is 18.7. The molecule has 9 N–H and O–H groups in total. The molecule has 5 aliphatic carbocycles. The van der Waals surface area contributed by atoms with Crippen LogP contribution in [0, 0.1) is 62.1 Å². The highest BCUT2D eigenvalue weighted by atomic mass is 16.7. The van der Waals surface area contributed by atoms with Gasteiger partial charge in [0.15, 0.2) is 6.29 Å². The van der Waals surface area contributed by atoms with Crippen LogP contribution in [0.5, 0.6) is 0 Å². The molecule has 0 aromatic heterocycles. The summed E-state index contributed by atoms with van der Waals surface area (Å²) in [5, 5.41) is 89.9. The fourth-order valence-electron chi connectivity index (χ4n) is 15.0. The minimum Gasteiger partial charge on any atom is -0.481 e. The number of carboxylic acid groups (broad SMARTS) is 1. The highest BCUT2D eigenvalue weighted by molar-refractivity contribution is 5.76. The van der Waals surface area contributed by atoms with Crippen molar-refractivity contribution in [3.05, 3.63) is 47.0 Å². The Labute approximate surface area is 374 Å². The Kier molecular flexibility index (Phi) is 14.4. The second kappa shape index (κ2) is 18.6. The lowest BCUT2D eigenvalue weighted by Gasteiger charge is -2.73. The standard InChI is InChI=1S/C50H79NO12/c1-45(28-54)15-17-50(44(59)60)18-16-48(4)34(35(50)22-45)21-33(20-32(25-53)8-7-19-52)41-46(2)23-37(61-26-31-11-9-30(10-12-31)24-51-6)42(63-43-40(58)39(57)36(56)27-62-43)47(3,29-55)38(46)13-14-49(41,48)5/h9-12,21,32-33,35-43,51-58H,7-8,13-20,22-29H2,1-6H3,(H,59,60)/t32-,33-,35+,36-,37-,38+,39+,40-,41-,42-,43+,45+,46+,47+,48-,49-,50+/m1/s1. The van der Waals surface area contributed by atoms with Crippen molar-refractivity contribution in [1.82, 2.24) is 5.32 Å². The van der Waals surface area contributed by atoms with Gasteiger partial charge >= 0.3 is 5.97 Å². The summed E-state index contributed by atoms with van der Waals surface area (Å²) in [6, 6.07) is 8.22. The first-order chi connectivity index (χ1) is 29.8. The van der Waals surface area contributed by atoms with E-state index < -0.39 is 64.4 Å². The summed E-state index contributed by atoms with van der Waals surface area (Å²) in [4.78, 5) is 13.5. The molecular weight excluding hydrogens is 807 g/mol. The van der Waals surface area contributed by atoms with Gasteiger partial charge in [-0.2, -0.15) is 0 Å². The lowest BCUT2D eigenvalue weighted by atomic mass is 9.31. The average molecular weight is 886 g/mol. The first-order valence-corrected chi connectivity index (χ1v) is 23.9. The van der Waals surface area contributed by atoms with Crippen LogP contribution in [0.3, 0.4) is 0 Å². The van der Waals surface area contributed by atoms with Gasteiger partial charge in [-0.05, 0) is 140 Å². The first-order valence-electron chi connectivity index (χ1n) is 23.9. The minimum atomic E-state index is -1.53. The number of nitrogens with one attached hydrogen (secondary N) is 1. The SMILES string of the molecule is CNCc1ccc(CO[C@@H]2C[C@@]3(C)[C@H](CC[C@]4(C)[C@@H]3[C@H](C[C@H](CO)CCCO)C=C3[C@@H]5C[C@@](C)(CO)CC[C@]5(C(=O)O)CC[C@]34C)[C@](C)(CO)[C@@H]2O[C@@H]2OC[C@@H](O)[C@H](O)[C@H]2O)cc1. The van der Waals surface area contributed by atoms with E-state index >= 15 is 0 Å². The Morgan fingerprint density at radius 1 is 0.905 bits per heavy atom. The van der Waals surface area contributed by atoms with Crippen molar-refractivity contribution in [2.24, 2.45) is 62.1 Å². The van der Waals surface area contributed by atoms with Gasteiger partial charge in [0.25, 0.3) is 0 Å². The fraction of sp³-hybridized carbons (Fsp3) is 0.820. The van der Waals surface area contributed by atoms with E-state index in [2.05, 4.69) is 51.2 Å². The van der Waals surface area contributed by atoms with Crippen LogP contribution in [0.15, 0.2) is 35.9 Å². The molecule has 0 bridgehead atoms. The Balaban J connectivity index is 1.36. The number of aliphatic carboxylic acids is 1. The predicted octanol–water partition coefficient (Wildman–Crippen LogP) is 4.55. The van der Waals surface area contributed by atoms with Crippen molar-refractivity contribution in [2.45, 2.75) is 155 Å². The van der Waals surface area contributed by atoms with Crippen molar-refractivity contribution in [2.75, 3.05) is 40.1 Å². The van der Waals surface area contributed by atoms with E-state index in [0.717, 1.165) is 30.5 Å². The normalized spacial score (nSPS) is 45.3. The van der Waals surface area contributed by atoms with Gasteiger partial charge in [-0.15, -0.1) is 0 Å². The number of aliphatic hydroxyl groups excluding tert-OH is 7. The van der Waals surface area contributed by atoms with Gasteiger partial charge in [0.05, 0.1) is 37.4 Å². The number of allylic oxidation sites excluding steroid dienone is 2. The molecule has 4 saturated carbocycles. The number of carboxylic acids is 1. The van der Waals surface area contributed by atoms with Crippen molar-refractivity contribution < 1.29 is 59.9 Å². The van der Waals surface area contributed by atoms with Crippen molar-refractivity contribution in [3.63, 3.8) is 0 Å². The Hall–Kier alpha value is -2.01. The molecule has 0 spiro atoms. The summed E-state index contributed by atoms with van der Waals surface area (Å²) in [6.45, 7) is 11.7. The zero-order valence-corrected chi connectivity index (χ0v) is 38.7. The summed E-state index contributed by atoms with van der Waals surface area (Å²) in [5.74, 6) is -1.32. The maximum Gasteiger partial charge on any atom is 0.310 e. The van der Waals surface area contributed by atoms with Crippen LogP contribution < -0.4 is 5.32 Å². The van der Waals surface area contributed by atoms with Gasteiger partial charge in [-0.3, -0.25) is 4.79 Å². The Morgan fingerprint density at radius 3 is 2.24 bits per heavy atom. The van der Waals surface area contributed by atoms with Gasteiger partial charge in [-0.1, -0.05) is 70.5 Å². The summed E-state index contributed by atoms with van der Waals surface area (Å²) in [5.41, 5.74) is -0.189. The molecule has 5 fully saturated rings. The molecule has 1 heterocycles. The predicted molar refractivity (Wildman–Crippen MR) is 236 cm³/mol. The summed E-state index contributed by atoms with van der Waals surface area (Å²) in [6.07, 6.45) is 2.41. The van der Waals surface area contributed by atoms with Gasteiger partial charge in [0.2, 0.25) is 0 Å². The van der Waals surface area contributed by atoms with E-state index in [4.69, 9.17) is 14.2 Å². The highest BCUT2D eigenvalue weighted by Crippen LogP contribution is 2.77. The average Bonchev–Trinajstić information content (AvgIpc) is 3.26. The fourth-order valence-corrected chi connectivity index (χ4v) is 15.0. The molecule has 1 aromatic rings. The lowest BCUT2D eigenvalue weighted by Crippen LogP contribution is -2.70. The molecule has 1 aromatic carbocycles. The van der Waals surface area contributed by atoms with Gasteiger partial charge in [0, 0.05) is 31.8 Å². The summed E-state index contributed by atoms with van der Waals surface area (Å²) >= 11 is 0. The van der Waals surface area contributed by atoms with Gasteiger partial charge < -0.3 is 60.4 Å². The third kappa shape index (κ3) is 8.29. The summed E-state index contributed by atoms with van der Waals surface area (Å²) in [7, 11) is 1.91. The molecular formula is C50H79NO12. The van der Waals surface area contributed by atoms with Crippen LogP contribution in [-0.4, -0.2) is 124 Å². The van der Waals surface area contributed by atoms with Gasteiger partial charge in [0.1, 0.15) is 18.3 Å². The quantitative estimate of drug-likeness (QED) is 0.0824. The molecule has 356 valence electrons. The first kappa shape index (κ1) is 48.9.